The fourth-order valence-electron chi connectivity index (χ4n) is 3.19. The molecule has 3 aromatic carbocycles. The molecule has 0 N–H and O–H groups in total. The molecule has 0 spiro atoms. The van der Waals surface area contributed by atoms with E-state index in [9.17, 15) is 8.42 Å². The van der Waals surface area contributed by atoms with Gasteiger partial charge in [0.2, 0.25) is 0 Å². The van der Waals surface area contributed by atoms with Gasteiger partial charge < -0.3 is 4.74 Å². The molecule has 3 rings (SSSR count). The summed E-state index contributed by atoms with van der Waals surface area (Å²) in [5.41, 5.74) is 2.43. The van der Waals surface area contributed by atoms with E-state index in [0.29, 0.717) is 5.75 Å². The molecule has 0 bridgehead atoms. The Morgan fingerprint density at radius 1 is 0.636 bits per heavy atom. The normalized spacial score (nSPS) is 12.7. The quantitative estimate of drug-likeness (QED) is 0.421. The van der Waals surface area contributed by atoms with Crippen molar-refractivity contribution in [2.45, 2.75) is 57.3 Å². The lowest BCUT2D eigenvalue weighted by molar-refractivity contribution is -1.03. The Bertz CT molecular complexity index is 1110. The maximum atomic E-state index is 13.2. The van der Waals surface area contributed by atoms with Gasteiger partial charge in [-0.15, -0.1) is 0 Å². The Morgan fingerprint density at radius 2 is 1.03 bits per heavy atom. The summed E-state index contributed by atoms with van der Waals surface area (Å²) in [5, 5.41) is 0. The van der Waals surface area contributed by atoms with Gasteiger partial charge in [-0.05, 0) is 73.0 Å². The van der Waals surface area contributed by atoms with Crippen LogP contribution in [0.15, 0.2) is 77.7 Å². The van der Waals surface area contributed by atoms with Gasteiger partial charge in [0.15, 0.2) is 7.14 Å². The summed E-state index contributed by atoms with van der Waals surface area (Å²) >= 11 is -2.76. The van der Waals surface area contributed by atoms with E-state index in [1.165, 1.54) is 23.3 Å². The molecule has 4 nitrogen and oxygen atoms in total. The van der Waals surface area contributed by atoms with Crippen molar-refractivity contribution in [1.82, 2.24) is 0 Å². The van der Waals surface area contributed by atoms with E-state index < -0.39 is 30.4 Å². The summed E-state index contributed by atoms with van der Waals surface area (Å²) in [6, 6.07) is 22.7. The van der Waals surface area contributed by atoms with Crippen LogP contribution >= 0.6 is 0 Å². The van der Waals surface area contributed by atoms with Crippen LogP contribution in [0.3, 0.4) is 0 Å². The molecular formula is C27H33IO4S+. The largest absolute Gasteiger partial charge is 0.497 e. The number of ether oxygens (including phenoxy) is 1. The Morgan fingerprint density at radius 3 is 1.36 bits per heavy atom. The molecule has 0 unspecified atom stereocenters. The molecule has 0 atom stereocenters. The number of benzene rings is 3. The van der Waals surface area contributed by atoms with Crippen molar-refractivity contribution in [2.75, 3.05) is 7.11 Å². The summed E-state index contributed by atoms with van der Waals surface area (Å²) in [6.07, 6.45) is 0. The fraction of sp³-hybridized carbons (Fsp3) is 0.333. The topological polar surface area (TPSA) is 52.6 Å². The maximum Gasteiger partial charge on any atom is 0.336 e. The SMILES string of the molecule is COc1ccc(S(=O)(=O)O[I+](c2ccc(C(C)(C)C)cc2)c2ccc(C(C)(C)C)cc2)cc1. The van der Waals surface area contributed by atoms with Crippen molar-refractivity contribution in [1.29, 1.82) is 0 Å². The van der Waals surface area contributed by atoms with Gasteiger partial charge in [0, 0.05) is 0 Å². The average molecular weight is 581 g/mol. The van der Waals surface area contributed by atoms with Crippen LogP contribution < -0.4 is 25.0 Å². The summed E-state index contributed by atoms with van der Waals surface area (Å²) < 4.78 is 39.5. The molecule has 3 aromatic rings. The predicted octanol–water partition coefficient (Wildman–Crippen LogP) is 3.27. The van der Waals surface area contributed by atoms with Gasteiger partial charge >= 0.3 is 30.4 Å². The molecule has 0 saturated heterocycles. The van der Waals surface area contributed by atoms with Gasteiger partial charge in [0.25, 0.3) is 0 Å². The van der Waals surface area contributed by atoms with Crippen molar-refractivity contribution in [3.8, 4) is 5.75 Å². The molecule has 0 aliphatic rings. The summed E-state index contributed by atoms with van der Waals surface area (Å²) in [6.45, 7) is 13.0. The molecule has 0 fully saturated rings. The second kappa shape index (κ2) is 9.76. The lowest BCUT2D eigenvalue weighted by Crippen LogP contribution is -3.85. The number of rotatable bonds is 6. The molecule has 0 saturated carbocycles. The van der Waals surface area contributed by atoms with Crippen LogP contribution in [0.2, 0.25) is 0 Å². The van der Waals surface area contributed by atoms with Crippen LogP contribution in [0.25, 0.3) is 0 Å². The van der Waals surface area contributed by atoms with E-state index in [2.05, 4.69) is 65.8 Å². The first-order valence-corrected chi connectivity index (χ1v) is 15.3. The molecule has 0 aromatic heterocycles. The van der Waals surface area contributed by atoms with Crippen molar-refractivity contribution >= 4 is 10.1 Å². The molecule has 0 heterocycles. The molecule has 0 amide bonds. The van der Waals surface area contributed by atoms with Crippen LogP contribution in [0, 0.1) is 7.14 Å². The lowest BCUT2D eigenvalue weighted by atomic mass is 9.87. The fourth-order valence-corrected chi connectivity index (χ4v) is 10.1. The minimum Gasteiger partial charge on any atom is -0.497 e. The molecule has 177 valence electrons. The molecule has 0 aliphatic heterocycles. The van der Waals surface area contributed by atoms with Gasteiger partial charge in [-0.3, -0.25) is 0 Å². The van der Waals surface area contributed by atoms with E-state index in [1.807, 2.05) is 24.3 Å². The van der Waals surface area contributed by atoms with Crippen LogP contribution in [0.4, 0.5) is 0 Å². The highest BCUT2D eigenvalue weighted by Gasteiger charge is 2.38. The monoisotopic (exact) mass is 580 g/mol. The highest BCUT2D eigenvalue weighted by atomic mass is 127. The number of hydrogen-bond donors (Lipinski definition) is 0. The maximum absolute atomic E-state index is 13.2. The second-order valence-electron chi connectivity index (χ2n) is 9.96. The standard InChI is InChI=1S/C27H33IO4S/c1-26(2,3)20-8-12-22(13-9-20)28(23-14-10-21(11-15-23)27(4,5)6)32-33(29,30)25-18-16-24(31-7)17-19-25/h8-19H,1-7H3/q+1. The summed E-state index contributed by atoms with van der Waals surface area (Å²) in [4.78, 5) is 0.128. The summed E-state index contributed by atoms with van der Waals surface area (Å²) in [5.74, 6) is 0.597. The Kier molecular flexibility index (Phi) is 7.61. The van der Waals surface area contributed by atoms with Crippen LogP contribution in [0.5, 0.6) is 5.75 Å². The number of methoxy groups -OCH3 is 1. The van der Waals surface area contributed by atoms with E-state index in [-0.39, 0.29) is 15.7 Å². The Hall–Kier alpha value is -1.90. The third-order valence-electron chi connectivity index (χ3n) is 5.31. The summed E-state index contributed by atoms with van der Waals surface area (Å²) in [7, 11) is -2.40. The van der Waals surface area contributed by atoms with Crippen LogP contribution in [-0.4, -0.2) is 15.5 Å². The zero-order valence-electron chi connectivity index (χ0n) is 20.3. The lowest BCUT2D eigenvalue weighted by Gasteiger charge is -2.19. The zero-order chi connectivity index (χ0) is 24.4. The minimum atomic E-state index is -3.94. The molecule has 33 heavy (non-hydrogen) atoms. The van der Waals surface area contributed by atoms with Crippen LogP contribution in [0.1, 0.15) is 52.7 Å². The minimum absolute atomic E-state index is 0.0158. The average Bonchev–Trinajstić information content (AvgIpc) is 2.76. The van der Waals surface area contributed by atoms with Gasteiger partial charge in [-0.25, -0.2) is 0 Å². The van der Waals surface area contributed by atoms with Gasteiger partial charge in [-0.2, -0.15) is 8.42 Å². The zero-order valence-corrected chi connectivity index (χ0v) is 23.3. The molecule has 0 aliphatic carbocycles. The van der Waals surface area contributed by atoms with Gasteiger partial charge in [0.05, 0.1) is 12.0 Å². The van der Waals surface area contributed by atoms with Gasteiger partial charge in [-0.1, -0.05) is 65.8 Å². The highest BCUT2D eigenvalue weighted by Crippen LogP contribution is 2.22. The predicted molar refractivity (Wildman–Crippen MR) is 129 cm³/mol. The third kappa shape index (κ3) is 6.37. The Balaban J connectivity index is 2.03. The first-order valence-electron chi connectivity index (χ1n) is 10.8. The van der Waals surface area contributed by atoms with E-state index in [1.54, 1.807) is 19.2 Å². The van der Waals surface area contributed by atoms with Gasteiger partial charge in [0.1, 0.15) is 5.75 Å². The first kappa shape index (κ1) is 25.7. The first-order chi connectivity index (χ1) is 15.3. The second-order valence-corrected chi connectivity index (χ2v) is 16.5. The Labute approximate surface area is 206 Å². The molecule has 6 heteroatoms. The van der Waals surface area contributed by atoms with E-state index in [4.69, 9.17) is 7.25 Å². The van der Waals surface area contributed by atoms with E-state index in [0.717, 1.165) is 7.14 Å². The van der Waals surface area contributed by atoms with Crippen molar-refractivity contribution in [3.05, 3.63) is 91.1 Å². The highest BCUT2D eigenvalue weighted by molar-refractivity contribution is 7.86. The smallest absolute Gasteiger partial charge is 0.336 e. The van der Waals surface area contributed by atoms with E-state index >= 15 is 0 Å². The number of hydrogen-bond acceptors (Lipinski definition) is 4. The molecule has 1 radical (unpaired) electrons. The molecular weight excluding hydrogens is 547 g/mol. The number of halogens is 1. The van der Waals surface area contributed by atoms with Crippen molar-refractivity contribution < 1.29 is 35.9 Å². The third-order valence-corrected chi connectivity index (χ3v) is 12.7. The van der Waals surface area contributed by atoms with Crippen molar-refractivity contribution in [2.24, 2.45) is 0 Å². The van der Waals surface area contributed by atoms with Crippen LogP contribution in [-0.2, 0) is 23.5 Å². The van der Waals surface area contributed by atoms with Crippen molar-refractivity contribution in [3.63, 3.8) is 0 Å².